The zero-order chi connectivity index (χ0) is 12.0. The van der Waals surface area contributed by atoms with Crippen LogP contribution in [0.2, 0.25) is 0 Å². The van der Waals surface area contributed by atoms with E-state index < -0.39 is 5.91 Å². The summed E-state index contributed by atoms with van der Waals surface area (Å²) in [6.45, 7) is 0.644. The summed E-state index contributed by atoms with van der Waals surface area (Å²) in [6.07, 6.45) is 3.58. The number of hydrazine groups is 1. The molecule has 0 unspecified atom stereocenters. The van der Waals surface area contributed by atoms with Crippen molar-refractivity contribution in [2.45, 2.75) is 25.8 Å². The second-order valence-electron chi connectivity index (χ2n) is 3.35. The van der Waals surface area contributed by atoms with Crippen molar-refractivity contribution in [2.24, 2.45) is 11.6 Å². The molecule has 0 aliphatic heterocycles. The highest BCUT2D eigenvalue weighted by Crippen LogP contribution is 2.00. The van der Waals surface area contributed by atoms with E-state index in [0.29, 0.717) is 13.0 Å². The fourth-order valence-electron chi connectivity index (χ4n) is 1.25. The number of primary amides is 1. The summed E-state index contributed by atoms with van der Waals surface area (Å²) in [6, 6.07) is 1.56. The zero-order valence-electron chi connectivity index (χ0n) is 8.85. The van der Waals surface area contributed by atoms with Gasteiger partial charge in [0.25, 0.3) is 5.91 Å². The first-order valence-corrected chi connectivity index (χ1v) is 4.96. The Balaban J connectivity index is 2.27. The van der Waals surface area contributed by atoms with Gasteiger partial charge in [-0.15, -0.1) is 0 Å². The van der Waals surface area contributed by atoms with Gasteiger partial charge in [-0.1, -0.05) is 0 Å². The Morgan fingerprint density at radius 2 is 2.19 bits per heavy atom. The van der Waals surface area contributed by atoms with E-state index in [1.165, 1.54) is 0 Å². The van der Waals surface area contributed by atoms with Crippen molar-refractivity contribution < 1.29 is 9.59 Å². The normalized spacial score (nSPS) is 10.1. The Kier molecular flexibility index (Phi) is 4.46. The fraction of sp³-hybridized carbons (Fsp3) is 0.444. The topological polar surface area (TPSA) is 116 Å². The highest BCUT2D eigenvalue weighted by molar-refractivity contribution is 5.90. The third kappa shape index (κ3) is 3.70. The third-order valence-electron chi connectivity index (χ3n) is 2.10. The SMILES string of the molecule is NNC(=O)CCCCn1ccc(C(N)=O)n1. The van der Waals surface area contributed by atoms with Gasteiger partial charge in [-0.3, -0.25) is 19.7 Å². The van der Waals surface area contributed by atoms with E-state index in [1.807, 2.05) is 0 Å². The molecule has 1 heterocycles. The molecule has 0 aliphatic carbocycles. The van der Waals surface area contributed by atoms with Crippen LogP contribution in [-0.4, -0.2) is 21.6 Å². The summed E-state index contributed by atoms with van der Waals surface area (Å²) in [5.41, 5.74) is 7.37. The summed E-state index contributed by atoms with van der Waals surface area (Å²) >= 11 is 0. The molecule has 1 rings (SSSR count). The highest BCUT2D eigenvalue weighted by Gasteiger charge is 2.04. The number of nitrogens with two attached hydrogens (primary N) is 2. The molecular formula is C9H15N5O2. The molecule has 0 spiro atoms. The van der Waals surface area contributed by atoms with Crippen LogP contribution in [0.15, 0.2) is 12.3 Å². The molecule has 0 saturated heterocycles. The summed E-state index contributed by atoms with van der Waals surface area (Å²) < 4.78 is 1.63. The minimum Gasteiger partial charge on any atom is -0.364 e. The molecule has 0 atom stereocenters. The number of amides is 2. The van der Waals surface area contributed by atoms with Crippen LogP contribution < -0.4 is 17.0 Å². The molecule has 88 valence electrons. The maximum absolute atomic E-state index is 10.8. The lowest BCUT2D eigenvalue weighted by atomic mass is 10.2. The highest BCUT2D eigenvalue weighted by atomic mass is 16.2. The Morgan fingerprint density at radius 1 is 1.44 bits per heavy atom. The van der Waals surface area contributed by atoms with Crippen molar-refractivity contribution in [1.29, 1.82) is 0 Å². The van der Waals surface area contributed by atoms with Crippen LogP contribution >= 0.6 is 0 Å². The Morgan fingerprint density at radius 3 is 2.75 bits per heavy atom. The summed E-state index contributed by atoms with van der Waals surface area (Å²) in [4.78, 5) is 21.5. The quantitative estimate of drug-likeness (QED) is 0.253. The number of carbonyl (C=O) groups excluding carboxylic acids is 2. The summed E-state index contributed by atoms with van der Waals surface area (Å²) in [7, 11) is 0. The number of aryl methyl sites for hydroxylation is 1. The number of hydrogen-bond donors (Lipinski definition) is 3. The van der Waals surface area contributed by atoms with Crippen LogP contribution in [0.3, 0.4) is 0 Å². The third-order valence-corrected chi connectivity index (χ3v) is 2.10. The van der Waals surface area contributed by atoms with Gasteiger partial charge in [-0.2, -0.15) is 5.10 Å². The second-order valence-corrected chi connectivity index (χ2v) is 3.35. The first kappa shape index (κ1) is 12.2. The van der Waals surface area contributed by atoms with Crippen molar-refractivity contribution in [3.8, 4) is 0 Å². The van der Waals surface area contributed by atoms with Gasteiger partial charge in [-0.05, 0) is 18.9 Å². The predicted molar refractivity (Wildman–Crippen MR) is 56.9 cm³/mol. The van der Waals surface area contributed by atoms with Crippen molar-refractivity contribution in [3.63, 3.8) is 0 Å². The summed E-state index contributed by atoms with van der Waals surface area (Å²) in [5.74, 6) is 4.21. The number of aromatic nitrogens is 2. The molecule has 0 aliphatic rings. The lowest BCUT2D eigenvalue weighted by Gasteiger charge is -2.01. The van der Waals surface area contributed by atoms with Gasteiger partial charge in [0, 0.05) is 19.2 Å². The molecule has 2 amide bonds. The molecule has 0 saturated carbocycles. The largest absolute Gasteiger partial charge is 0.364 e. The van der Waals surface area contributed by atoms with Crippen molar-refractivity contribution in [1.82, 2.24) is 15.2 Å². The van der Waals surface area contributed by atoms with E-state index >= 15 is 0 Å². The number of hydrogen-bond acceptors (Lipinski definition) is 4. The fourth-order valence-corrected chi connectivity index (χ4v) is 1.25. The maximum Gasteiger partial charge on any atom is 0.269 e. The van der Waals surface area contributed by atoms with Gasteiger partial charge in [0.2, 0.25) is 5.91 Å². The van der Waals surface area contributed by atoms with Crippen molar-refractivity contribution in [3.05, 3.63) is 18.0 Å². The van der Waals surface area contributed by atoms with Gasteiger partial charge < -0.3 is 5.73 Å². The summed E-state index contributed by atoms with van der Waals surface area (Å²) in [5, 5.41) is 3.96. The minimum atomic E-state index is -0.541. The maximum atomic E-state index is 10.8. The molecule has 7 heteroatoms. The standard InChI is InChI=1S/C9H15N5O2/c10-9(16)7-4-6-14(13-7)5-2-1-3-8(15)12-11/h4,6H,1-3,5,11H2,(H2,10,16)(H,12,15). The Bertz CT molecular complexity index is 374. The van der Waals surface area contributed by atoms with Crippen LogP contribution in [0.5, 0.6) is 0 Å². The van der Waals surface area contributed by atoms with Crippen LogP contribution in [-0.2, 0) is 11.3 Å². The lowest BCUT2D eigenvalue weighted by molar-refractivity contribution is -0.121. The van der Waals surface area contributed by atoms with Crippen LogP contribution in [0.1, 0.15) is 29.8 Å². The van der Waals surface area contributed by atoms with Gasteiger partial charge in [0.15, 0.2) is 0 Å². The van der Waals surface area contributed by atoms with Gasteiger partial charge in [0.05, 0.1) is 0 Å². The minimum absolute atomic E-state index is 0.182. The molecule has 1 aromatic heterocycles. The van der Waals surface area contributed by atoms with E-state index in [1.54, 1.807) is 16.9 Å². The predicted octanol–water partition coefficient (Wildman–Crippen LogP) is -0.858. The number of nitrogens with one attached hydrogen (secondary N) is 1. The molecular weight excluding hydrogens is 210 g/mol. The monoisotopic (exact) mass is 225 g/mol. The van der Waals surface area contributed by atoms with Gasteiger partial charge in [0.1, 0.15) is 5.69 Å². The second kappa shape index (κ2) is 5.86. The first-order valence-electron chi connectivity index (χ1n) is 4.96. The average molecular weight is 225 g/mol. The van der Waals surface area contributed by atoms with Crippen LogP contribution in [0, 0.1) is 0 Å². The van der Waals surface area contributed by atoms with E-state index in [4.69, 9.17) is 11.6 Å². The van der Waals surface area contributed by atoms with E-state index in [0.717, 1.165) is 12.8 Å². The number of unbranched alkanes of at least 4 members (excludes halogenated alkanes) is 1. The Hall–Kier alpha value is -1.89. The molecule has 16 heavy (non-hydrogen) atoms. The van der Waals surface area contributed by atoms with E-state index in [2.05, 4.69) is 10.5 Å². The number of carbonyl (C=O) groups is 2. The molecule has 7 nitrogen and oxygen atoms in total. The molecule has 0 fully saturated rings. The molecule has 0 aromatic carbocycles. The van der Waals surface area contributed by atoms with Crippen molar-refractivity contribution >= 4 is 11.8 Å². The van der Waals surface area contributed by atoms with E-state index in [9.17, 15) is 9.59 Å². The number of rotatable bonds is 6. The van der Waals surface area contributed by atoms with Gasteiger partial charge in [-0.25, -0.2) is 5.84 Å². The average Bonchev–Trinajstić information content (AvgIpc) is 2.72. The Labute approximate surface area is 92.8 Å². The van der Waals surface area contributed by atoms with Crippen LogP contribution in [0.25, 0.3) is 0 Å². The first-order chi connectivity index (χ1) is 7.63. The smallest absolute Gasteiger partial charge is 0.269 e. The molecule has 5 N–H and O–H groups in total. The molecule has 0 bridgehead atoms. The van der Waals surface area contributed by atoms with Gasteiger partial charge >= 0.3 is 0 Å². The van der Waals surface area contributed by atoms with Crippen molar-refractivity contribution in [2.75, 3.05) is 0 Å². The molecule has 1 aromatic rings. The lowest BCUT2D eigenvalue weighted by Crippen LogP contribution is -2.29. The molecule has 0 radical (unpaired) electrons. The number of nitrogens with zero attached hydrogens (tertiary/aromatic N) is 2. The van der Waals surface area contributed by atoms with Crippen LogP contribution in [0.4, 0.5) is 0 Å². The van der Waals surface area contributed by atoms with E-state index in [-0.39, 0.29) is 11.6 Å². The zero-order valence-corrected chi connectivity index (χ0v) is 8.85.